The van der Waals surface area contributed by atoms with Crippen LogP contribution >= 0.6 is 0 Å². The molecule has 1 amide bonds. The lowest BCUT2D eigenvalue weighted by Gasteiger charge is -2.16. The van der Waals surface area contributed by atoms with Crippen LogP contribution in [0.2, 0.25) is 0 Å². The maximum absolute atomic E-state index is 12.7. The fourth-order valence-electron chi connectivity index (χ4n) is 2.76. The zero-order chi connectivity index (χ0) is 20.6. The quantitative estimate of drug-likeness (QED) is 0.608. The molecule has 0 saturated heterocycles. The lowest BCUT2D eigenvalue weighted by atomic mass is 10.1. The van der Waals surface area contributed by atoms with Crippen LogP contribution in [0.4, 0.5) is 5.69 Å². The summed E-state index contributed by atoms with van der Waals surface area (Å²) in [4.78, 5) is 12.7. The number of hydrogen-bond acceptors (Lipinski definition) is 5. The Bertz CT molecular complexity index is 930. The maximum atomic E-state index is 12.7. The summed E-state index contributed by atoms with van der Waals surface area (Å²) >= 11 is 0. The first kappa shape index (κ1) is 20.1. The van der Waals surface area contributed by atoms with Gasteiger partial charge in [-0.15, -0.1) is 0 Å². The molecule has 0 bridgehead atoms. The van der Waals surface area contributed by atoms with E-state index in [1.165, 1.54) is 14.2 Å². The van der Waals surface area contributed by atoms with Crippen LogP contribution in [0.3, 0.4) is 0 Å². The first-order valence-electron chi connectivity index (χ1n) is 9.02. The Balaban J connectivity index is 1.81. The van der Waals surface area contributed by atoms with Crippen molar-refractivity contribution in [1.29, 1.82) is 0 Å². The third-order valence-corrected chi connectivity index (χ3v) is 4.30. The van der Waals surface area contributed by atoms with Gasteiger partial charge in [0.15, 0.2) is 11.5 Å². The number of hydrogen-bond donors (Lipinski definition) is 1. The summed E-state index contributed by atoms with van der Waals surface area (Å²) in [6, 6.07) is 20.1. The topological polar surface area (TPSA) is 66.0 Å². The van der Waals surface area contributed by atoms with Crippen molar-refractivity contribution in [3.05, 3.63) is 77.9 Å². The standard InChI is InChI=1S/C23H23NO5/c1-26-19-11-9-18(10-12-19)24-23(25)17-13-20(27-2)22(21(14-17)28-3)29-15-16-7-5-4-6-8-16/h4-14H,15H2,1-3H3,(H,24,25). The highest BCUT2D eigenvalue weighted by Crippen LogP contribution is 2.39. The first-order chi connectivity index (χ1) is 14.1. The molecule has 3 rings (SSSR count). The average Bonchev–Trinajstić information content (AvgIpc) is 2.78. The molecular weight excluding hydrogens is 370 g/mol. The molecule has 0 unspecified atom stereocenters. The highest BCUT2D eigenvalue weighted by atomic mass is 16.5. The number of methoxy groups -OCH3 is 3. The van der Waals surface area contributed by atoms with Crippen LogP contribution in [0.15, 0.2) is 66.7 Å². The van der Waals surface area contributed by atoms with Gasteiger partial charge in [0.1, 0.15) is 12.4 Å². The fraction of sp³-hybridized carbons (Fsp3) is 0.174. The SMILES string of the molecule is COc1ccc(NC(=O)c2cc(OC)c(OCc3ccccc3)c(OC)c2)cc1. The Morgan fingerprint density at radius 3 is 2.00 bits per heavy atom. The molecular formula is C23H23NO5. The van der Waals surface area contributed by atoms with Gasteiger partial charge in [0.25, 0.3) is 5.91 Å². The van der Waals surface area contributed by atoms with Crippen LogP contribution < -0.4 is 24.3 Å². The summed E-state index contributed by atoms with van der Waals surface area (Å²) in [5.41, 5.74) is 2.05. The molecule has 0 aliphatic heterocycles. The average molecular weight is 393 g/mol. The minimum atomic E-state index is -0.290. The summed E-state index contributed by atoms with van der Waals surface area (Å²) in [5.74, 6) is 1.70. The van der Waals surface area contributed by atoms with Crippen molar-refractivity contribution in [2.75, 3.05) is 26.6 Å². The molecule has 0 heterocycles. The molecule has 0 fully saturated rings. The molecule has 150 valence electrons. The van der Waals surface area contributed by atoms with Gasteiger partial charge in [-0.1, -0.05) is 30.3 Å². The lowest BCUT2D eigenvalue weighted by molar-refractivity contribution is 0.102. The number of carbonyl (C=O) groups excluding carboxylic acids is 1. The summed E-state index contributed by atoms with van der Waals surface area (Å²) in [6.45, 7) is 0.352. The van der Waals surface area contributed by atoms with Crippen molar-refractivity contribution in [3.63, 3.8) is 0 Å². The maximum Gasteiger partial charge on any atom is 0.255 e. The monoisotopic (exact) mass is 393 g/mol. The minimum absolute atomic E-state index is 0.290. The van der Waals surface area contributed by atoms with Gasteiger partial charge in [-0.3, -0.25) is 4.79 Å². The second kappa shape index (κ2) is 9.50. The number of nitrogens with one attached hydrogen (secondary N) is 1. The van der Waals surface area contributed by atoms with Gasteiger partial charge in [-0.25, -0.2) is 0 Å². The number of carbonyl (C=O) groups is 1. The molecule has 3 aromatic carbocycles. The smallest absolute Gasteiger partial charge is 0.255 e. The van der Waals surface area contributed by atoms with Crippen LogP contribution in [-0.2, 0) is 6.61 Å². The molecule has 0 radical (unpaired) electrons. The summed E-state index contributed by atoms with van der Waals surface area (Å²) in [6.07, 6.45) is 0. The van der Waals surface area contributed by atoms with E-state index in [2.05, 4.69) is 5.32 Å². The van der Waals surface area contributed by atoms with Gasteiger partial charge in [0.05, 0.1) is 21.3 Å². The lowest BCUT2D eigenvalue weighted by Crippen LogP contribution is -2.12. The molecule has 1 N–H and O–H groups in total. The van der Waals surface area contributed by atoms with Crippen molar-refractivity contribution < 1.29 is 23.7 Å². The largest absolute Gasteiger partial charge is 0.497 e. The zero-order valence-corrected chi connectivity index (χ0v) is 16.6. The molecule has 6 nitrogen and oxygen atoms in total. The molecule has 0 aliphatic rings. The van der Waals surface area contributed by atoms with Crippen LogP contribution in [-0.4, -0.2) is 27.2 Å². The fourth-order valence-corrected chi connectivity index (χ4v) is 2.76. The predicted octanol–water partition coefficient (Wildman–Crippen LogP) is 4.54. The van der Waals surface area contributed by atoms with E-state index in [0.29, 0.717) is 40.9 Å². The van der Waals surface area contributed by atoms with E-state index in [1.807, 2.05) is 30.3 Å². The van der Waals surface area contributed by atoms with E-state index in [0.717, 1.165) is 5.56 Å². The second-order valence-corrected chi connectivity index (χ2v) is 6.17. The number of amides is 1. The Morgan fingerprint density at radius 1 is 0.828 bits per heavy atom. The highest BCUT2D eigenvalue weighted by Gasteiger charge is 2.18. The Morgan fingerprint density at radius 2 is 1.45 bits per heavy atom. The number of anilines is 1. The molecule has 29 heavy (non-hydrogen) atoms. The molecule has 0 spiro atoms. The summed E-state index contributed by atoms with van der Waals surface area (Å²) < 4.78 is 21.9. The van der Waals surface area contributed by atoms with Gasteiger partial charge in [-0.05, 0) is 42.0 Å². The van der Waals surface area contributed by atoms with E-state index >= 15 is 0 Å². The van der Waals surface area contributed by atoms with Gasteiger partial charge in [0, 0.05) is 11.3 Å². The molecule has 0 aliphatic carbocycles. The van der Waals surface area contributed by atoms with Gasteiger partial charge < -0.3 is 24.3 Å². The zero-order valence-electron chi connectivity index (χ0n) is 16.6. The van der Waals surface area contributed by atoms with E-state index in [4.69, 9.17) is 18.9 Å². The number of benzene rings is 3. The molecule has 3 aromatic rings. The van der Waals surface area contributed by atoms with Crippen molar-refractivity contribution in [3.8, 4) is 23.0 Å². The van der Waals surface area contributed by atoms with Gasteiger partial charge in [-0.2, -0.15) is 0 Å². The summed E-state index contributed by atoms with van der Waals surface area (Å²) in [5, 5.41) is 2.84. The van der Waals surface area contributed by atoms with Gasteiger partial charge in [0.2, 0.25) is 5.75 Å². The third kappa shape index (κ3) is 4.99. The van der Waals surface area contributed by atoms with Crippen LogP contribution in [0.5, 0.6) is 23.0 Å². The van der Waals surface area contributed by atoms with E-state index in [1.54, 1.807) is 43.5 Å². The Hall–Kier alpha value is -3.67. The van der Waals surface area contributed by atoms with Crippen LogP contribution in [0.25, 0.3) is 0 Å². The first-order valence-corrected chi connectivity index (χ1v) is 9.02. The molecule has 0 atom stereocenters. The van der Waals surface area contributed by atoms with E-state index in [9.17, 15) is 4.79 Å². The Labute approximate surface area is 170 Å². The van der Waals surface area contributed by atoms with E-state index < -0.39 is 0 Å². The van der Waals surface area contributed by atoms with Crippen LogP contribution in [0, 0.1) is 0 Å². The Kier molecular flexibility index (Phi) is 6.58. The second-order valence-electron chi connectivity index (χ2n) is 6.17. The van der Waals surface area contributed by atoms with Crippen molar-refractivity contribution in [2.24, 2.45) is 0 Å². The normalized spacial score (nSPS) is 10.2. The third-order valence-electron chi connectivity index (χ3n) is 4.30. The highest BCUT2D eigenvalue weighted by molar-refractivity contribution is 6.05. The van der Waals surface area contributed by atoms with E-state index in [-0.39, 0.29) is 5.91 Å². The molecule has 0 aromatic heterocycles. The molecule has 0 saturated carbocycles. The molecule has 6 heteroatoms. The van der Waals surface area contributed by atoms with Crippen molar-refractivity contribution >= 4 is 11.6 Å². The van der Waals surface area contributed by atoms with Crippen LogP contribution in [0.1, 0.15) is 15.9 Å². The predicted molar refractivity (Wildman–Crippen MR) is 111 cm³/mol. The van der Waals surface area contributed by atoms with Gasteiger partial charge >= 0.3 is 0 Å². The number of rotatable bonds is 8. The summed E-state index contributed by atoms with van der Waals surface area (Å²) in [7, 11) is 4.64. The minimum Gasteiger partial charge on any atom is -0.497 e. The number of ether oxygens (including phenoxy) is 4. The van der Waals surface area contributed by atoms with Crippen molar-refractivity contribution in [1.82, 2.24) is 0 Å². The van der Waals surface area contributed by atoms with Crippen molar-refractivity contribution in [2.45, 2.75) is 6.61 Å².